The molecule has 0 bridgehead atoms. The summed E-state index contributed by atoms with van der Waals surface area (Å²) in [5.41, 5.74) is 2.54. The number of ether oxygens (including phenoxy) is 1. The molecule has 0 aliphatic carbocycles. The maximum atomic E-state index is 12.1. The van der Waals surface area contributed by atoms with Crippen LogP contribution in [0.3, 0.4) is 0 Å². The molecule has 0 spiro atoms. The van der Waals surface area contributed by atoms with Crippen LogP contribution in [0.1, 0.15) is 5.56 Å². The average molecular weight is 422 g/mol. The Balaban J connectivity index is 1.48. The van der Waals surface area contributed by atoms with Crippen LogP contribution in [0.4, 0.5) is 25.3 Å². The summed E-state index contributed by atoms with van der Waals surface area (Å²) < 4.78 is 29.2. The van der Waals surface area contributed by atoms with Gasteiger partial charge >= 0.3 is 6.61 Å². The van der Waals surface area contributed by atoms with Gasteiger partial charge in [-0.25, -0.2) is 0 Å². The lowest BCUT2D eigenvalue weighted by Crippen LogP contribution is -2.13. The molecule has 1 heterocycles. The predicted octanol–water partition coefficient (Wildman–Crippen LogP) is 4.92. The van der Waals surface area contributed by atoms with Crippen LogP contribution in [0.25, 0.3) is 0 Å². The lowest BCUT2D eigenvalue weighted by Gasteiger charge is -2.07. The molecule has 2 N–H and O–H groups in total. The number of hydrogen-bond acceptors (Lipinski definition) is 7. The third-order valence-corrected chi connectivity index (χ3v) is 5.46. The van der Waals surface area contributed by atoms with E-state index in [0.717, 1.165) is 11.3 Å². The summed E-state index contributed by atoms with van der Waals surface area (Å²) >= 11 is 2.62. The molecule has 3 rings (SSSR count). The highest BCUT2D eigenvalue weighted by atomic mass is 32.2. The minimum absolute atomic E-state index is 0.0323. The molecule has 0 unspecified atom stereocenters. The van der Waals surface area contributed by atoms with Crippen LogP contribution in [-0.2, 0) is 4.79 Å². The molecule has 1 aromatic heterocycles. The van der Waals surface area contributed by atoms with Gasteiger partial charge in [-0.15, -0.1) is 10.2 Å². The van der Waals surface area contributed by atoms with Crippen molar-refractivity contribution in [2.75, 3.05) is 16.4 Å². The molecule has 0 aliphatic rings. The van der Waals surface area contributed by atoms with Gasteiger partial charge in [-0.3, -0.25) is 4.79 Å². The highest BCUT2D eigenvalue weighted by Crippen LogP contribution is 2.28. The molecule has 1 amide bonds. The molecule has 2 aromatic carbocycles. The average Bonchev–Trinajstić information content (AvgIpc) is 3.11. The van der Waals surface area contributed by atoms with E-state index in [4.69, 9.17) is 0 Å². The number of hydrogen-bond donors (Lipinski definition) is 2. The third kappa shape index (κ3) is 5.89. The number of nitrogens with zero attached hydrogens (tertiary/aromatic N) is 2. The van der Waals surface area contributed by atoms with Crippen LogP contribution < -0.4 is 15.4 Å². The third-order valence-electron chi connectivity index (χ3n) is 3.48. The zero-order valence-corrected chi connectivity index (χ0v) is 16.3. The first kappa shape index (κ1) is 20.0. The fourth-order valence-corrected chi connectivity index (χ4v) is 3.76. The number of benzene rings is 2. The van der Waals surface area contributed by atoms with Crippen molar-refractivity contribution in [2.24, 2.45) is 0 Å². The van der Waals surface area contributed by atoms with Crippen LogP contribution in [0.15, 0.2) is 52.9 Å². The number of anilines is 3. The second-order valence-electron chi connectivity index (χ2n) is 5.55. The van der Waals surface area contributed by atoms with Crippen LogP contribution in [0, 0.1) is 6.92 Å². The number of halogens is 2. The van der Waals surface area contributed by atoms with Crippen molar-refractivity contribution < 1.29 is 18.3 Å². The van der Waals surface area contributed by atoms with Crippen molar-refractivity contribution in [1.82, 2.24) is 10.2 Å². The Morgan fingerprint density at radius 2 is 1.93 bits per heavy atom. The number of rotatable bonds is 8. The fraction of sp³-hybridized carbons (Fsp3) is 0.167. The zero-order valence-electron chi connectivity index (χ0n) is 14.7. The lowest BCUT2D eigenvalue weighted by molar-refractivity contribution is -0.113. The van der Waals surface area contributed by atoms with Gasteiger partial charge in [0.25, 0.3) is 0 Å². The second kappa shape index (κ2) is 9.47. The number of carbonyl (C=O) groups excluding carboxylic acids is 1. The maximum Gasteiger partial charge on any atom is 0.387 e. The van der Waals surface area contributed by atoms with Crippen LogP contribution in [0.2, 0.25) is 0 Å². The molecule has 146 valence electrons. The number of aromatic nitrogens is 2. The maximum absolute atomic E-state index is 12.1. The first-order valence-electron chi connectivity index (χ1n) is 8.13. The van der Waals surface area contributed by atoms with Crippen LogP contribution in [0.5, 0.6) is 5.75 Å². The molecule has 0 saturated heterocycles. The molecular formula is C18H16F2N4O2S2. The summed E-state index contributed by atoms with van der Waals surface area (Å²) in [4.78, 5) is 12.0. The van der Waals surface area contributed by atoms with Crippen LogP contribution >= 0.6 is 23.1 Å². The van der Waals surface area contributed by atoms with Gasteiger partial charge in [-0.1, -0.05) is 41.3 Å². The molecule has 28 heavy (non-hydrogen) atoms. The number of alkyl halides is 2. The number of carbonyl (C=O) groups is 1. The number of thioether (sulfide) groups is 1. The van der Waals surface area contributed by atoms with Gasteiger partial charge < -0.3 is 15.4 Å². The van der Waals surface area contributed by atoms with Crippen molar-refractivity contribution in [3.05, 3.63) is 54.1 Å². The van der Waals surface area contributed by atoms with Crippen molar-refractivity contribution in [1.29, 1.82) is 0 Å². The lowest BCUT2D eigenvalue weighted by atomic mass is 10.2. The molecule has 3 aromatic rings. The van der Waals surface area contributed by atoms with Crippen molar-refractivity contribution in [3.63, 3.8) is 0 Å². The van der Waals surface area contributed by atoms with E-state index in [1.807, 2.05) is 31.2 Å². The Kier molecular flexibility index (Phi) is 6.77. The molecular weight excluding hydrogens is 406 g/mol. The minimum atomic E-state index is -2.88. The van der Waals surface area contributed by atoms with Gasteiger partial charge in [0.05, 0.1) is 5.75 Å². The van der Waals surface area contributed by atoms with Gasteiger partial charge in [0, 0.05) is 11.4 Å². The van der Waals surface area contributed by atoms with Crippen molar-refractivity contribution >= 4 is 45.5 Å². The Hall–Kier alpha value is -2.72. The van der Waals surface area contributed by atoms with E-state index in [1.165, 1.54) is 47.4 Å². The van der Waals surface area contributed by atoms with E-state index < -0.39 is 6.61 Å². The van der Waals surface area contributed by atoms with E-state index in [-0.39, 0.29) is 17.4 Å². The predicted molar refractivity (Wildman–Crippen MR) is 107 cm³/mol. The van der Waals surface area contributed by atoms with Crippen LogP contribution in [-0.4, -0.2) is 28.5 Å². The summed E-state index contributed by atoms with van der Waals surface area (Å²) in [5.74, 6) is -0.0602. The van der Waals surface area contributed by atoms with Crippen molar-refractivity contribution in [3.8, 4) is 5.75 Å². The van der Waals surface area contributed by atoms with Gasteiger partial charge in [-0.2, -0.15) is 8.78 Å². The normalized spacial score (nSPS) is 10.7. The summed E-state index contributed by atoms with van der Waals surface area (Å²) in [5, 5.41) is 14.7. The van der Waals surface area contributed by atoms with E-state index in [2.05, 4.69) is 25.6 Å². The quantitative estimate of drug-likeness (QED) is 0.502. The Labute approximate surface area is 168 Å². The molecule has 0 radical (unpaired) electrons. The largest absolute Gasteiger partial charge is 0.435 e. The summed E-state index contributed by atoms with van der Waals surface area (Å²) in [6, 6.07) is 13.6. The smallest absolute Gasteiger partial charge is 0.387 e. The van der Waals surface area contributed by atoms with E-state index >= 15 is 0 Å². The molecule has 0 fully saturated rings. The zero-order chi connectivity index (χ0) is 19.9. The number of para-hydroxylation sites is 1. The molecule has 10 heteroatoms. The van der Waals surface area contributed by atoms with Gasteiger partial charge in [0.1, 0.15) is 5.75 Å². The SMILES string of the molecule is Cc1ccccc1Nc1nnc(SCC(=O)Nc2ccc(OC(F)F)cc2)s1. The molecule has 0 aliphatic heterocycles. The van der Waals surface area contributed by atoms with Gasteiger partial charge in [-0.05, 0) is 42.8 Å². The minimum Gasteiger partial charge on any atom is -0.435 e. The Morgan fingerprint density at radius 1 is 1.18 bits per heavy atom. The van der Waals surface area contributed by atoms with E-state index in [1.54, 1.807) is 0 Å². The summed E-state index contributed by atoms with van der Waals surface area (Å²) in [6.07, 6.45) is 0. The number of aryl methyl sites for hydroxylation is 1. The number of nitrogens with one attached hydrogen (secondary N) is 2. The standard InChI is InChI=1S/C18H16F2N4O2S2/c1-11-4-2-3-5-14(11)22-17-23-24-18(28-17)27-10-15(25)21-12-6-8-13(9-7-12)26-16(19)20/h2-9,16H,10H2,1H3,(H,21,25)(H,22,23). The van der Waals surface area contributed by atoms with E-state index in [9.17, 15) is 13.6 Å². The summed E-state index contributed by atoms with van der Waals surface area (Å²) in [7, 11) is 0. The van der Waals surface area contributed by atoms with Crippen molar-refractivity contribution in [2.45, 2.75) is 17.9 Å². The first-order valence-corrected chi connectivity index (χ1v) is 9.93. The molecule has 0 saturated carbocycles. The number of amides is 1. The highest BCUT2D eigenvalue weighted by molar-refractivity contribution is 8.01. The monoisotopic (exact) mass is 422 g/mol. The second-order valence-corrected chi connectivity index (χ2v) is 7.75. The molecule has 6 nitrogen and oxygen atoms in total. The van der Waals surface area contributed by atoms with E-state index in [0.29, 0.717) is 15.2 Å². The van der Waals surface area contributed by atoms with Gasteiger partial charge in [0.15, 0.2) is 4.34 Å². The Bertz CT molecular complexity index is 935. The van der Waals surface area contributed by atoms with Gasteiger partial charge in [0.2, 0.25) is 11.0 Å². The topological polar surface area (TPSA) is 76.1 Å². The first-order chi connectivity index (χ1) is 13.5. The summed E-state index contributed by atoms with van der Waals surface area (Å²) in [6.45, 7) is -0.885. The highest BCUT2D eigenvalue weighted by Gasteiger charge is 2.10. The Morgan fingerprint density at radius 3 is 2.64 bits per heavy atom. The molecule has 0 atom stereocenters. The fourth-order valence-electron chi connectivity index (χ4n) is 2.19.